The van der Waals surface area contributed by atoms with Crippen LogP contribution in [0, 0.1) is 0 Å². The molecule has 0 saturated carbocycles. The van der Waals surface area contributed by atoms with E-state index in [4.69, 9.17) is 0 Å². The van der Waals surface area contributed by atoms with Crippen molar-refractivity contribution in [3.63, 3.8) is 0 Å². The molecule has 2 N–H and O–H groups in total. The SMILES string of the molecule is CCCCCCCCNc1ncc(Nc2ccc(C(C)(C)C)cc2)cn1. The van der Waals surface area contributed by atoms with Crippen LogP contribution in [0.4, 0.5) is 17.3 Å². The van der Waals surface area contributed by atoms with Crippen molar-refractivity contribution in [1.82, 2.24) is 9.97 Å². The third kappa shape index (κ3) is 7.03. The van der Waals surface area contributed by atoms with Gasteiger partial charge in [0.1, 0.15) is 0 Å². The molecule has 0 fully saturated rings. The van der Waals surface area contributed by atoms with Crippen LogP contribution in [0.5, 0.6) is 0 Å². The molecule has 0 unspecified atom stereocenters. The molecule has 0 saturated heterocycles. The van der Waals surface area contributed by atoms with Crippen LogP contribution in [0.1, 0.15) is 71.8 Å². The number of nitrogens with zero attached hydrogens (tertiary/aromatic N) is 2. The summed E-state index contributed by atoms with van der Waals surface area (Å²) in [5.74, 6) is 0.701. The highest BCUT2D eigenvalue weighted by Crippen LogP contribution is 2.24. The van der Waals surface area contributed by atoms with Gasteiger partial charge in [-0.05, 0) is 29.5 Å². The lowest BCUT2D eigenvalue weighted by atomic mass is 9.87. The fourth-order valence-corrected chi connectivity index (χ4v) is 2.81. The topological polar surface area (TPSA) is 49.8 Å². The van der Waals surface area contributed by atoms with Gasteiger partial charge in [-0.1, -0.05) is 71.9 Å². The Labute approximate surface area is 158 Å². The molecule has 0 atom stereocenters. The first kappa shape index (κ1) is 20.2. The van der Waals surface area contributed by atoms with E-state index in [-0.39, 0.29) is 5.41 Å². The molecule has 1 heterocycles. The molecule has 4 nitrogen and oxygen atoms in total. The summed E-state index contributed by atoms with van der Waals surface area (Å²) >= 11 is 0. The minimum Gasteiger partial charge on any atom is -0.354 e. The molecule has 142 valence electrons. The van der Waals surface area contributed by atoms with Crippen LogP contribution in [-0.2, 0) is 5.41 Å². The minimum atomic E-state index is 0.172. The third-order valence-corrected chi connectivity index (χ3v) is 4.50. The first-order valence-corrected chi connectivity index (χ1v) is 9.92. The number of unbranched alkanes of at least 4 members (excludes halogenated alkanes) is 5. The summed E-state index contributed by atoms with van der Waals surface area (Å²) in [6.45, 7) is 9.85. The summed E-state index contributed by atoms with van der Waals surface area (Å²) in [5.41, 5.74) is 3.45. The van der Waals surface area contributed by atoms with E-state index in [1.54, 1.807) is 0 Å². The Kier molecular flexibility index (Phi) is 7.89. The molecule has 0 spiro atoms. The lowest BCUT2D eigenvalue weighted by molar-refractivity contribution is 0.590. The molecule has 2 aromatic rings. The van der Waals surface area contributed by atoms with Gasteiger partial charge in [0.15, 0.2) is 0 Å². The van der Waals surface area contributed by atoms with Crippen LogP contribution in [0.25, 0.3) is 0 Å². The van der Waals surface area contributed by atoms with Gasteiger partial charge in [-0.2, -0.15) is 0 Å². The summed E-state index contributed by atoms with van der Waals surface area (Å²) in [5, 5.41) is 6.65. The third-order valence-electron chi connectivity index (χ3n) is 4.50. The molecular weight excluding hydrogens is 320 g/mol. The van der Waals surface area contributed by atoms with Gasteiger partial charge in [0.05, 0.1) is 18.1 Å². The maximum Gasteiger partial charge on any atom is 0.222 e. The molecule has 0 aliphatic rings. The Balaban J connectivity index is 1.75. The summed E-state index contributed by atoms with van der Waals surface area (Å²) in [4.78, 5) is 8.79. The average molecular weight is 355 g/mol. The Hall–Kier alpha value is -2.10. The monoisotopic (exact) mass is 354 g/mol. The van der Waals surface area contributed by atoms with Crippen molar-refractivity contribution in [3.05, 3.63) is 42.2 Å². The number of anilines is 3. The molecule has 0 aliphatic heterocycles. The van der Waals surface area contributed by atoms with Gasteiger partial charge >= 0.3 is 0 Å². The standard InChI is InChI=1S/C22H34N4/c1-5-6-7-8-9-10-15-23-21-24-16-20(17-25-21)26-19-13-11-18(12-14-19)22(2,3)4/h11-14,16-17,26H,5-10,15H2,1-4H3,(H,23,24,25). The molecule has 0 radical (unpaired) electrons. The van der Waals surface area contributed by atoms with Gasteiger partial charge in [0.25, 0.3) is 0 Å². The van der Waals surface area contributed by atoms with Crippen LogP contribution in [-0.4, -0.2) is 16.5 Å². The van der Waals surface area contributed by atoms with Gasteiger partial charge in [-0.25, -0.2) is 9.97 Å². The predicted octanol–water partition coefficient (Wildman–Crippen LogP) is 6.29. The van der Waals surface area contributed by atoms with E-state index < -0.39 is 0 Å². The molecule has 1 aromatic heterocycles. The zero-order valence-electron chi connectivity index (χ0n) is 16.8. The zero-order chi connectivity index (χ0) is 18.8. The van der Waals surface area contributed by atoms with Crippen molar-refractivity contribution in [3.8, 4) is 0 Å². The van der Waals surface area contributed by atoms with Gasteiger partial charge in [0, 0.05) is 12.2 Å². The van der Waals surface area contributed by atoms with Gasteiger partial charge in [-0.3, -0.25) is 0 Å². The Morgan fingerprint density at radius 3 is 2.04 bits per heavy atom. The minimum absolute atomic E-state index is 0.172. The van der Waals surface area contributed by atoms with Crippen molar-refractivity contribution in [2.24, 2.45) is 0 Å². The summed E-state index contributed by atoms with van der Waals surface area (Å²) < 4.78 is 0. The van der Waals surface area contributed by atoms with E-state index in [0.29, 0.717) is 5.95 Å². The quantitative estimate of drug-likeness (QED) is 0.492. The van der Waals surface area contributed by atoms with E-state index in [2.05, 4.69) is 72.6 Å². The lowest BCUT2D eigenvalue weighted by Gasteiger charge is -2.19. The van der Waals surface area contributed by atoms with E-state index in [9.17, 15) is 0 Å². The van der Waals surface area contributed by atoms with Crippen molar-refractivity contribution in [2.45, 2.75) is 71.6 Å². The van der Waals surface area contributed by atoms with Crippen LogP contribution in [0.2, 0.25) is 0 Å². The van der Waals surface area contributed by atoms with Crippen LogP contribution < -0.4 is 10.6 Å². The number of aromatic nitrogens is 2. The molecule has 1 aromatic carbocycles. The van der Waals surface area contributed by atoms with Gasteiger partial charge < -0.3 is 10.6 Å². The zero-order valence-corrected chi connectivity index (χ0v) is 16.8. The van der Waals surface area contributed by atoms with E-state index in [1.165, 1.54) is 44.1 Å². The van der Waals surface area contributed by atoms with Crippen molar-refractivity contribution < 1.29 is 0 Å². The Bertz CT molecular complexity index is 627. The molecule has 0 aliphatic carbocycles. The second-order valence-electron chi connectivity index (χ2n) is 7.94. The van der Waals surface area contributed by atoms with Crippen LogP contribution in [0.15, 0.2) is 36.7 Å². The number of nitrogens with one attached hydrogen (secondary N) is 2. The molecule has 0 bridgehead atoms. The number of rotatable bonds is 10. The lowest BCUT2D eigenvalue weighted by Crippen LogP contribution is -2.10. The summed E-state index contributed by atoms with van der Waals surface area (Å²) in [6.07, 6.45) is 11.4. The van der Waals surface area contributed by atoms with E-state index in [1.807, 2.05) is 12.4 Å². The molecule has 4 heteroatoms. The average Bonchev–Trinajstić information content (AvgIpc) is 2.62. The fraction of sp³-hybridized carbons (Fsp3) is 0.545. The summed E-state index contributed by atoms with van der Waals surface area (Å²) in [7, 11) is 0. The highest BCUT2D eigenvalue weighted by atomic mass is 15.1. The smallest absolute Gasteiger partial charge is 0.222 e. The molecule has 26 heavy (non-hydrogen) atoms. The number of hydrogen-bond donors (Lipinski definition) is 2. The van der Waals surface area contributed by atoms with Crippen molar-refractivity contribution >= 4 is 17.3 Å². The Morgan fingerprint density at radius 2 is 1.42 bits per heavy atom. The van der Waals surface area contributed by atoms with E-state index in [0.717, 1.165) is 17.9 Å². The first-order chi connectivity index (χ1) is 12.5. The first-order valence-electron chi connectivity index (χ1n) is 9.92. The Morgan fingerprint density at radius 1 is 0.808 bits per heavy atom. The van der Waals surface area contributed by atoms with E-state index >= 15 is 0 Å². The predicted molar refractivity (Wildman–Crippen MR) is 112 cm³/mol. The maximum absolute atomic E-state index is 4.39. The largest absolute Gasteiger partial charge is 0.354 e. The van der Waals surface area contributed by atoms with Crippen molar-refractivity contribution in [2.75, 3.05) is 17.2 Å². The second kappa shape index (κ2) is 10.1. The van der Waals surface area contributed by atoms with Gasteiger partial charge in [-0.15, -0.1) is 0 Å². The maximum atomic E-state index is 4.39. The van der Waals surface area contributed by atoms with Crippen LogP contribution >= 0.6 is 0 Å². The summed E-state index contributed by atoms with van der Waals surface area (Å²) in [6, 6.07) is 8.54. The molecular formula is C22H34N4. The number of benzene rings is 1. The fourth-order valence-electron chi connectivity index (χ4n) is 2.81. The van der Waals surface area contributed by atoms with Gasteiger partial charge in [0.2, 0.25) is 5.95 Å². The molecule has 0 amide bonds. The number of hydrogen-bond acceptors (Lipinski definition) is 4. The highest BCUT2D eigenvalue weighted by molar-refractivity contribution is 5.58. The highest BCUT2D eigenvalue weighted by Gasteiger charge is 2.12. The molecule has 2 rings (SSSR count). The van der Waals surface area contributed by atoms with Crippen molar-refractivity contribution in [1.29, 1.82) is 0 Å². The normalized spacial score (nSPS) is 11.4. The van der Waals surface area contributed by atoms with Crippen LogP contribution in [0.3, 0.4) is 0 Å². The second-order valence-corrected chi connectivity index (χ2v) is 7.94.